The molecule has 4 aromatic heterocycles. The van der Waals surface area contributed by atoms with Crippen LogP contribution in [0.1, 0.15) is 38.4 Å². The number of likely N-dealkylation sites (N-methyl/N-ethyl adjacent to an activating group) is 1. The number of benzene rings is 2. The van der Waals surface area contributed by atoms with Crippen molar-refractivity contribution in [2.75, 3.05) is 76.0 Å². The average Bonchev–Trinajstić information content (AvgIpc) is 4.08. The maximum absolute atomic E-state index is 12.1. The molecule has 66 heavy (non-hydrogen) atoms. The number of rotatable bonds is 16. The van der Waals surface area contributed by atoms with E-state index in [1.807, 2.05) is 79.3 Å². The lowest BCUT2D eigenvalue weighted by Gasteiger charge is -2.20. The lowest BCUT2D eigenvalue weighted by atomic mass is 10.1. The molecule has 1 atom stereocenters. The van der Waals surface area contributed by atoms with Crippen LogP contribution in [0.25, 0.3) is 27.5 Å². The van der Waals surface area contributed by atoms with Gasteiger partial charge in [0.05, 0.1) is 41.1 Å². The van der Waals surface area contributed by atoms with E-state index in [2.05, 4.69) is 86.2 Å². The molecule has 0 bridgehead atoms. The van der Waals surface area contributed by atoms with E-state index in [4.69, 9.17) is 20.2 Å². The highest BCUT2D eigenvalue weighted by atomic mass is 32.1. The van der Waals surface area contributed by atoms with E-state index in [0.29, 0.717) is 54.7 Å². The molecule has 0 saturated carbocycles. The third-order valence-electron chi connectivity index (χ3n) is 9.39. The van der Waals surface area contributed by atoms with E-state index in [1.165, 1.54) is 27.1 Å². The molecule has 6 aromatic rings. The van der Waals surface area contributed by atoms with Gasteiger partial charge in [0.2, 0.25) is 17.7 Å². The second kappa shape index (κ2) is 26.8. The summed E-state index contributed by atoms with van der Waals surface area (Å²) in [5, 5.41) is 21.2. The fourth-order valence-corrected chi connectivity index (χ4v) is 7.03. The summed E-state index contributed by atoms with van der Waals surface area (Å²) in [4.78, 5) is 70.6. The van der Waals surface area contributed by atoms with Crippen molar-refractivity contribution < 1.29 is 29.0 Å². The number of nitrogens with one attached hydrogen (secondary N) is 4. The number of nitrogens with zero attached hydrogens (tertiary/aromatic N) is 8. The summed E-state index contributed by atoms with van der Waals surface area (Å²) in [6.07, 6.45) is 8.40. The number of nitrogens with two attached hydrogens (primary N) is 1. The molecule has 352 valence electrons. The number of imidazole rings is 1. The Morgan fingerprint density at radius 3 is 2.30 bits per heavy atom. The van der Waals surface area contributed by atoms with Gasteiger partial charge < -0.3 is 55.8 Å². The van der Waals surface area contributed by atoms with Crippen molar-refractivity contribution in [3.05, 3.63) is 96.3 Å². The van der Waals surface area contributed by atoms with Crippen LogP contribution in [0.5, 0.6) is 0 Å². The van der Waals surface area contributed by atoms with Gasteiger partial charge in [-0.2, -0.15) is 0 Å². The molecule has 5 heterocycles. The molecule has 1 aliphatic heterocycles. The molecule has 7 rings (SSSR count). The number of ether oxygens (including phenoxy) is 1. The Bertz CT molecular complexity index is 2430. The first-order chi connectivity index (χ1) is 31.8. The van der Waals surface area contributed by atoms with E-state index >= 15 is 0 Å². The number of carbonyl (C=O) groups excluding carboxylic acids is 4. The molecule has 0 radical (unpaired) electrons. The topological polar surface area (TPSA) is 247 Å². The van der Waals surface area contributed by atoms with Crippen LogP contribution in [-0.2, 0) is 30.5 Å². The smallest absolute Gasteiger partial charge is 0.246 e. The van der Waals surface area contributed by atoms with Crippen molar-refractivity contribution in [1.82, 2.24) is 50.2 Å². The quantitative estimate of drug-likeness (QED) is 0.0800. The van der Waals surface area contributed by atoms with Crippen LogP contribution >= 0.6 is 11.3 Å². The number of thiazole rings is 1. The van der Waals surface area contributed by atoms with Crippen LogP contribution in [0.2, 0.25) is 0 Å². The largest absolute Gasteiger partial charge is 0.391 e. The minimum atomic E-state index is -0.519. The molecule has 2 aromatic carbocycles. The number of hydrogen-bond acceptors (Lipinski definition) is 16. The summed E-state index contributed by atoms with van der Waals surface area (Å²) in [5.74, 6) is 0.551. The highest BCUT2D eigenvalue weighted by Crippen LogP contribution is 2.28. The maximum atomic E-state index is 12.1. The van der Waals surface area contributed by atoms with Gasteiger partial charge in [0.1, 0.15) is 37.2 Å². The third-order valence-corrected chi connectivity index (χ3v) is 10.4. The van der Waals surface area contributed by atoms with Crippen molar-refractivity contribution in [1.29, 1.82) is 0 Å². The highest BCUT2D eigenvalue weighted by molar-refractivity contribution is 7.13. The van der Waals surface area contributed by atoms with E-state index in [0.717, 1.165) is 29.5 Å². The van der Waals surface area contributed by atoms with E-state index < -0.39 is 12.0 Å². The van der Waals surface area contributed by atoms with Gasteiger partial charge in [-0.1, -0.05) is 45.0 Å². The maximum Gasteiger partial charge on any atom is 0.246 e. The molecule has 0 spiro atoms. The summed E-state index contributed by atoms with van der Waals surface area (Å²) < 4.78 is 7.01. The fourth-order valence-electron chi connectivity index (χ4n) is 6.22. The normalized spacial score (nSPS) is 12.8. The van der Waals surface area contributed by atoms with Gasteiger partial charge in [-0.3, -0.25) is 19.4 Å². The monoisotopic (exact) mass is 923 g/mol. The Balaban J connectivity index is 0.000000374. The summed E-state index contributed by atoms with van der Waals surface area (Å²) in [6.45, 7) is 12.3. The van der Waals surface area contributed by atoms with Crippen LogP contribution < -0.4 is 31.9 Å². The van der Waals surface area contributed by atoms with Gasteiger partial charge in [-0.25, -0.2) is 19.9 Å². The average molecular weight is 924 g/mol. The minimum Gasteiger partial charge on any atom is -0.391 e. The molecule has 1 fully saturated rings. The number of hydrogen-bond donors (Lipinski definition) is 6. The van der Waals surface area contributed by atoms with Gasteiger partial charge >= 0.3 is 0 Å². The molecule has 1 saturated heterocycles. The van der Waals surface area contributed by atoms with Gasteiger partial charge in [0, 0.05) is 69.7 Å². The predicted octanol–water partition coefficient (Wildman–Crippen LogP) is 4.11. The SMILES string of the molecule is C=O.CC(C)C.CN(CCNC(=O)COCC(=O)NCC(=O)N1CCC(O)C1)c1ccc(Nc2nc(-c3cncc(N)n3)cn3ccnc23)cc1.CNCc1ccc(-c2scnc2C)cc1. The van der Waals surface area contributed by atoms with Gasteiger partial charge in [0.25, 0.3) is 0 Å². The number of aryl methyl sites for hydroxylation is 1. The number of aliphatic hydroxyl groups is 1. The van der Waals surface area contributed by atoms with Gasteiger partial charge in [-0.15, -0.1) is 11.3 Å². The molecular weight excluding hydrogens is 863 g/mol. The number of anilines is 4. The molecule has 7 N–H and O–H groups in total. The Morgan fingerprint density at radius 2 is 1.68 bits per heavy atom. The highest BCUT2D eigenvalue weighted by Gasteiger charge is 2.24. The molecule has 20 heteroatoms. The first-order valence-electron chi connectivity index (χ1n) is 21.3. The van der Waals surface area contributed by atoms with Crippen LogP contribution in [0.4, 0.5) is 23.0 Å². The second-order valence-electron chi connectivity index (χ2n) is 15.7. The zero-order valence-electron chi connectivity index (χ0n) is 38.4. The van der Waals surface area contributed by atoms with Gasteiger partial charge in [-0.05, 0) is 61.7 Å². The Hall–Kier alpha value is -6.87. The number of likely N-dealkylation sites (tertiary alicyclic amines) is 1. The van der Waals surface area contributed by atoms with E-state index in [9.17, 15) is 19.5 Å². The number of aliphatic hydroxyl groups excluding tert-OH is 1. The molecule has 0 aliphatic carbocycles. The Morgan fingerprint density at radius 1 is 0.985 bits per heavy atom. The van der Waals surface area contributed by atoms with E-state index in [1.54, 1.807) is 23.7 Å². The van der Waals surface area contributed by atoms with Crippen LogP contribution in [0.3, 0.4) is 0 Å². The molecule has 1 aliphatic rings. The first kappa shape index (κ1) is 51.8. The van der Waals surface area contributed by atoms with Crippen molar-refractivity contribution in [2.45, 2.75) is 46.8 Å². The second-order valence-corrected chi connectivity index (χ2v) is 16.5. The standard InChI is InChI=1S/C29H35N11O5.C12H14N2S.C4H10.CH2O/c1-38(10-7-32-25(42)17-45-18-26(43)34-14-27(44)39-9-6-21(41)15-39)20-4-2-19(3-5-20)35-28-29-33-8-11-40(29)16-23(37-28)22-12-31-13-24(30)36-22;1-9-12(15-8-14-9)11-5-3-10(4-6-11)7-13-2;1-4(2)3;1-2/h2-5,8,11-13,16,21,41H,6-7,9-10,14-15,17-18H2,1H3,(H2,30,36)(H,32,42)(H,34,43)(H,35,37);3-6,8,13H,7H2,1-2H3;4H,1-3H3;1H2. The number of nitrogen functional groups attached to an aromatic ring is 1. The van der Waals surface area contributed by atoms with Gasteiger partial charge in [0.15, 0.2) is 11.5 Å². The number of amides is 3. The Labute approximate surface area is 389 Å². The molecule has 1 unspecified atom stereocenters. The third kappa shape index (κ3) is 16.6. The summed E-state index contributed by atoms with van der Waals surface area (Å²) in [6, 6.07) is 16.4. The van der Waals surface area contributed by atoms with Crippen molar-refractivity contribution in [3.8, 4) is 21.8 Å². The lowest BCUT2D eigenvalue weighted by Crippen LogP contribution is -2.41. The lowest BCUT2D eigenvalue weighted by molar-refractivity contribution is -0.135. The van der Waals surface area contributed by atoms with Crippen LogP contribution in [0.15, 0.2) is 85.0 Å². The zero-order valence-corrected chi connectivity index (χ0v) is 39.2. The van der Waals surface area contributed by atoms with Crippen molar-refractivity contribution >= 4 is 64.5 Å². The Kier molecular flexibility index (Phi) is 21.0. The number of carbonyl (C=O) groups is 4. The number of β-amino-alcohol motifs (C(OH)–C–C–N with tert-alkyl or cyclic N) is 1. The summed E-state index contributed by atoms with van der Waals surface area (Å²) in [5.41, 5.74) is 14.9. The minimum absolute atomic E-state index is 0.178. The fraction of sp³-hybridized carbons (Fsp3) is 0.370. The molecule has 3 amide bonds. The van der Waals surface area contributed by atoms with Crippen LogP contribution in [-0.4, -0.2) is 130 Å². The summed E-state index contributed by atoms with van der Waals surface area (Å²) in [7, 11) is 3.87. The predicted molar refractivity (Wildman–Crippen MR) is 258 cm³/mol. The van der Waals surface area contributed by atoms with Crippen molar-refractivity contribution in [2.24, 2.45) is 5.92 Å². The molecular formula is C46H61N13O6S. The first-order valence-corrected chi connectivity index (χ1v) is 22.2. The van der Waals surface area contributed by atoms with Crippen molar-refractivity contribution in [3.63, 3.8) is 0 Å². The number of aromatic nitrogens is 6. The molecule has 19 nitrogen and oxygen atoms in total. The zero-order chi connectivity index (χ0) is 48.0. The van der Waals surface area contributed by atoms with E-state index in [-0.39, 0.29) is 38.1 Å². The van der Waals surface area contributed by atoms with Crippen LogP contribution in [0, 0.1) is 12.8 Å². The number of fused-ring (bicyclic) bond motifs is 1. The summed E-state index contributed by atoms with van der Waals surface area (Å²) >= 11 is 1.70.